The van der Waals surface area contributed by atoms with Gasteiger partial charge in [-0.15, -0.1) is 10.8 Å². The van der Waals surface area contributed by atoms with Crippen LogP contribution in [0.25, 0.3) is 33.9 Å². The first-order valence-corrected chi connectivity index (χ1v) is 24.2. The fourth-order valence-electron chi connectivity index (χ4n) is 8.69. The third kappa shape index (κ3) is 11.6. The molecule has 0 unspecified atom stereocenters. The van der Waals surface area contributed by atoms with Gasteiger partial charge in [-0.2, -0.15) is 15.0 Å². The summed E-state index contributed by atoms with van der Waals surface area (Å²) in [6, 6.07) is 28.4. The largest absolute Gasteiger partial charge is 1.00 e. The van der Waals surface area contributed by atoms with Gasteiger partial charge in [-0.3, -0.25) is 29.6 Å². The second-order valence-electron chi connectivity index (χ2n) is 17.4. The maximum Gasteiger partial charge on any atom is 1.00 e. The molecule has 409 valence electrons. The molecule has 0 bridgehead atoms. The van der Waals surface area contributed by atoms with Gasteiger partial charge in [0.25, 0.3) is 0 Å². The molecule has 25 heteroatoms. The average molecular weight is 1200 g/mol. The molecule has 1 N–H and O–H groups in total. The van der Waals surface area contributed by atoms with Crippen LogP contribution in [0.2, 0.25) is 0 Å². The van der Waals surface area contributed by atoms with Crippen LogP contribution in [0.1, 0.15) is 34.6 Å². The average Bonchev–Trinajstić information content (AvgIpc) is 4.58. The van der Waals surface area contributed by atoms with E-state index in [1.807, 2.05) is 72.8 Å². The maximum absolute atomic E-state index is 15.6. The number of rotatable bonds is 13. The van der Waals surface area contributed by atoms with Crippen LogP contribution in [0.15, 0.2) is 181 Å². The number of allylic oxidation sites excluding steroid dienone is 4. The van der Waals surface area contributed by atoms with Gasteiger partial charge >= 0.3 is 26.4 Å². The van der Waals surface area contributed by atoms with Crippen LogP contribution in [-0.2, 0) is 32.6 Å². The minimum Gasteiger partial charge on any atom is -0.664 e. The van der Waals surface area contributed by atoms with Gasteiger partial charge in [-0.25, -0.2) is 26.3 Å². The minimum atomic E-state index is -4.46. The molecule has 7 aromatic heterocycles. The quantitative estimate of drug-likeness (QED) is 0.0517. The Hall–Kier alpha value is -9.37. The van der Waals surface area contributed by atoms with E-state index in [4.69, 9.17) is 4.74 Å². The summed E-state index contributed by atoms with van der Waals surface area (Å²) in [7, 11) is 0. The van der Waals surface area contributed by atoms with Crippen molar-refractivity contribution in [1.82, 2.24) is 44.4 Å². The number of pyridine rings is 4. The fourth-order valence-corrected chi connectivity index (χ4v) is 8.69. The van der Waals surface area contributed by atoms with E-state index in [0.717, 1.165) is 47.3 Å². The summed E-state index contributed by atoms with van der Waals surface area (Å²) >= 11 is 0. The van der Waals surface area contributed by atoms with Gasteiger partial charge in [0.1, 0.15) is 24.2 Å². The Morgan fingerprint density at radius 1 is 0.654 bits per heavy atom. The number of halogens is 10. The van der Waals surface area contributed by atoms with E-state index in [-0.39, 0.29) is 73.0 Å². The first-order valence-electron chi connectivity index (χ1n) is 24.2. The second-order valence-corrected chi connectivity index (χ2v) is 17.4. The molecule has 0 atom stereocenters. The van der Waals surface area contributed by atoms with Crippen molar-refractivity contribution < 1.29 is 72.5 Å². The van der Waals surface area contributed by atoms with Crippen molar-refractivity contribution in [1.29, 1.82) is 0 Å². The van der Waals surface area contributed by atoms with Crippen LogP contribution in [-0.4, -0.2) is 69.8 Å². The van der Waals surface area contributed by atoms with E-state index in [0.29, 0.717) is 8.96 Å². The second kappa shape index (κ2) is 24.7. The van der Waals surface area contributed by atoms with Crippen molar-refractivity contribution >= 4 is 36.2 Å². The van der Waals surface area contributed by atoms with Crippen LogP contribution in [0.4, 0.5) is 49.4 Å². The fraction of sp³-hybridized carbons (Fsp3) is 0.0714. The van der Waals surface area contributed by atoms with E-state index in [1.165, 1.54) is 59.7 Å². The third-order valence-electron chi connectivity index (χ3n) is 12.3. The van der Waals surface area contributed by atoms with Crippen LogP contribution in [0.5, 0.6) is 5.75 Å². The molecule has 81 heavy (non-hydrogen) atoms. The number of anilines is 1. The standard InChI is InChI=1S/C36H22BF10N8O.2C10H8N2.Ru/c38-27-25(23(19-6-1-10-48-19)20-7-2-11-49-20)28(39)32(43)35(31(27)42)50-12-5-13-53-16-18(51-52-53)17-56-36-33(44)29(40)26(30(41)34(36)45)24-21-8-3-14-54(21)37(46,47)55-15-4-9-22(24)55;2*1-3-7-11-9(5-1)10-6-2-4-8-12-10;/h1-4,6-11,14-16,50H,5,12-13,17H2;2*1-8H;/q-1;;;+1/b23-19+;;;. The summed E-state index contributed by atoms with van der Waals surface area (Å²) in [6.07, 6.45) is 18.2. The number of fused-ring (bicyclic) bond motifs is 2. The van der Waals surface area contributed by atoms with E-state index < -0.39 is 88.3 Å². The smallest absolute Gasteiger partial charge is 0.664 e. The van der Waals surface area contributed by atoms with E-state index >= 15 is 43.8 Å². The molecule has 0 spiro atoms. The number of nitrogens with one attached hydrogen (secondary N) is 1. The van der Waals surface area contributed by atoms with Crippen LogP contribution in [0, 0.1) is 46.5 Å². The number of benzene rings is 2. The monoisotopic (exact) mass is 1200 g/mol. The third-order valence-corrected chi connectivity index (χ3v) is 12.3. The molecule has 0 saturated heterocycles. The van der Waals surface area contributed by atoms with E-state index in [1.54, 1.807) is 24.8 Å². The molecule has 1 radical (unpaired) electrons. The summed E-state index contributed by atoms with van der Waals surface area (Å²) < 4.78 is 160. The maximum atomic E-state index is 15.6. The molecule has 13 nitrogen and oxygen atoms in total. The van der Waals surface area contributed by atoms with Crippen molar-refractivity contribution in [3.8, 4) is 28.5 Å². The van der Waals surface area contributed by atoms with E-state index in [9.17, 15) is 0 Å². The molecule has 3 aliphatic rings. The molecule has 0 amide bonds. The van der Waals surface area contributed by atoms with Gasteiger partial charge in [0, 0.05) is 61.9 Å². The van der Waals surface area contributed by atoms with Crippen molar-refractivity contribution in [3.63, 3.8) is 0 Å². The van der Waals surface area contributed by atoms with Gasteiger partial charge in [0.2, 0.25) is 11.6 Å². The number of aliphatic imine (C=N–C) groups is 1. The van der Waals surface area contributed by atoms with Crippen LogP contribution < -0.4 is 15.0 Å². The summed E-state index contributed by atoms with van der Waals surface area (Å²) in [6.45, 7) is -5.42. The van der Waals surface area contributed by atoms with Crippen LogP contribution >= 0.6 is 0 Å². The molecule has 10 heterocycles. The van der Waals surface area contributed by atoms with E-state index in [2.05, 4.69) is 45.5 Å². The van der Waals surface area contributed by atoms with Crippen molar-refractivity contribution in [3.05, 3.63) is 251 Å². The summed E-state index contributed by atoms with van der Waals surface area (Å²) in [5.74, 6) is -15.8. The molecule has 12 rings (SSSR count). The van der Waals surface area contributed by atoms with Gasteiger partial charge < -0.3 is 32.6 Å². The molecule has 2 aromatic carbocycles. The normalized spacial score (nSPS) is 14.0. The molecular formula is C56H38BF10N12ORu. The summed E-state index contributed by atoms with van der Waals surface area (Å²) in [5, 5.41) is 9.88. The zero-order valence-corrected chi connectivity index (χ0v) is 43.3. The molecule has 0 fully saturated rings. The first-order chi connectivity index (χ1) is 38.8. The SMILES string of the molecule is Fc1c(F)c(/C(=C2\C=CC=N2)c2ccc[n-]2)c(F)c(F)c1NCCCn1cc(COc2c(F)c(F)c(C3=C4C=CC=[N+]4[B-](F)(F)n4cccc43)c(F)c2F)nn1.[Ru+].c1ccc(-c2ccccn2)nc1.c1ccc(-c2ccccn2)nc1. The Morgan fingerprint density at radius 2 is 1.25 bits per heavy atom. The van der Waals surface area contributed by atoms with Crippen molar-refractivity contribution in [2.24, 2.45) is 4.99 Å². The molecule has 0 aliphatic carbocycles. The molecule has 9 aromatic rings. The number of hydrogen-bond acceptors (Lipinski definition) is 9. The van der Waals surface area contributed by atoms with Gasteiger partial charge in [0.15, 0.2) is 46.3 Å². The summed E-state index contributed by atoms with van der Waals surface area (Å²) in [4.78, 5) is 24.7. The van der Waals surface area contributed by atoms with Gasteiger partial charge in [-0.1, -0.05) is 41.6 Å². The zero-order valence-electron chi connectivity index (χ0n) is 41.6. The number of ether oxygens (including phenoxy) is 1. The number of aromatic nitrogens is 9. The Balaban J connectivity index is 0.000000258. The Kier molecular flexibility index (Phi) is 17.2. The number of nitrogens with zero attached hydrogens (tertiary/aromatic N) is 11. The zero-order chi connectivity index (χ0) is 55.9. The molecule has 3 aliphatic heterocycles. The minimum absolute atomic E-state index is 0. The predicted molar refractivity (Wildman–Crippen MR) is 278 cm³/mol. The van der Waals surface area contributed by atoms with Gasteiger partial charge in [-0.05, 0) is 91.0 Å². The topological polar surface area (TPSA) is 138 Å². The number of hydrogen-bond donors (Lipinski definition) is 1. The predicted octanol–water partition coefficient (Wildman–Crippen LogP) is 11.6. The Labute approximate surface area is 467 Å². The Morgan fingerprint density at radius 3 is 1.77 bits per heavy atom. The first kappa shape index (κ1) is 56.4. The summed E-state index contributed by atoms with van der Waals surface area (Å²) in [5.41, 5.74) is -1.05. The number of aryl methyl sites for hydroxylation is 1. The van der Waals surface area contributed by atoms with Gasteiger partial charge in [0.05, 0.1) is 51.4 Å². The Bertz CT molecular complexity index is 3690. The van der Waals surface area contributed by atoms with Crippen LogP contribution in [0.3, 0.4) is 0 Å². The van der Waals surface area contributed by atoms with Crippen molar-refractivity contribution in [2.45, 2.75) is 19.6 Å². The van der Waals surface area contributed by atoms with Crippen molar-refractivity contribution in [2.75, 3.05) is 11.9 Å². The molecule has 0 saturated carbocycles. The molecular weight excluding hydrogens is 1160 g/mol.